The van der Waals surface area contributed by atoms with Crippen molar-refractivity contribution in [3.63, 3.8) is 0 Å². The Morgan fingerprint density at radius 2 is 2.00 bits per heavy atom. The molecule has 0 radical (unpaired) electrons. The van der Waals surface area contributed by atoms with Crippen LogP contribution in [0.3, 0.4) is 0 Å². The maximum absolute atomic E-state index is 12.4. The van der Waals surface area contributed by atoms with Crippen molar-refractivity contribution in [1.29, 1.82) is 0 Å². The first kappa shape index (κ1) is 10.1. The highest BCUT2D eigenvalue weighted by molar-refractivity contribution is 6.01. The van der Waals surface area contributed by atoms with E-state index in [2.05, 4.69) is 5.43 Å². The average molecular weight is 243 g/mol. The summed E-state index contributed by atoms with van der Waals surface area (Å²) in [5.41, 5.74) is 4.02. The van der Waals surface area contributed by atoms with Gasteiger partial charge in [-0.15, -0.1) is 0 Å². The molecule has 18 heavy (non-hydrogen) atoms. The lowest BCUT2D eigenvalue weighted by Gasteiger charge is -2.45. The van der Waals surface area contributed by atoms with E-state index in [1.54, 1.807) is 0 Å². The number of carbonyl (C=O) groups is 2. The lowest BCUT2D eigenvalue weighted by molar-refractivity contribution is -0.121. The molecule has 1 spiro atoms. The number of hydrogen-bond donors (Lipinski definition) is 1. The molecule has 1 aromatic carbocycles. The van der Waals surface area contributed by atoms with Gasteiger partial charge in [-0.1, -0.05) is 18.2 Å². The molecule has 5 heteroatoms. The van der Waals surface area contributed by atoms with Crippen LogP contribution in [0.25, 0.3) is 0 Å². The molecule has 0 bridgehead atoms. The molecule has 1 N–H and O–H groups in total. The Labute approximate surface area is 104 Å². The number of fused-ring (bicyclic) bond motifs is 1. The molecule has 3 aliphatic heterocycles. The Kier molecular flexibility index (Phi) is 1.74. The van der Waals surface area contributed by atoms with Crippen LogP contribution in [-0.2, 0) is 10.5 Å². The molecule has 3 aliphatic rings. The standard InChI is InChI=1S/C13H13N3O2/c17-11-8-13-10-5-2-1-4-9(10)12(18)15(13)6-3-7-16(13)14-11/h1-2,4-5H,3,6-8H2,(H,14,17)/t13-/m0/s1. The first-order valence-electron chi connectivity index (χ1n) is 6.22. The first-order valence-corrected chi connectivity index (χ1v) is 6.22. The monoisotopic (exact) mass is 243 g/mol. The minimum absolute atomic E-state index is 0.00796. The molecular weight excluding hydrogens is 230 g/mol. The third kappa shape index (κ3) is 0.968. The zero-order valence-corrected chi connectivity index (χ0v) is 9.85. The lowest BCUT2D eigenvalue weighted by Crippen LogP contribution is -2.59. The van der Waals surface area contributed by atoms with Gasteiger partial charge in [0.1, 0.15) is 5.66 Å². The maximum Gasteiger partial charge on any atom is 0.256 e. The van der Waals surface area contributed by atoms with Crippen molar-refractivity contribution in [3.8, 4) is 0 Å². The third-order valence-corrected chi connectivity index (χ3v) is 4.16. The highest BCUT2D eigenvalue weighted by atomic mass is 16.2. The average Bonchev–Trinajstić information content (AvgIpc) is 2.84. The lowest BCUT2D eigenvalue weighted by atomic mass is 9.94. The van der Waals surface area contributed by atoms with Crippen molar-refractivity contribution in [1.82, 2.24) is 15.3 Å². The third-order valence-electron chi connectivity index (χ3n) is 4.16. The molecule has 2 amide bonds. The van der Waals surface area contributed by atoms with Crippen LogP contribution in [0.2, 0.25) is 0 Å². The first-order chi connectivity index (χ1) is 8.73. The molecule has 3 heterocycles. The second-order valence-corrected chi connectivity index (χ2v) is 5.04. The summed E-state index contributed by atoms with van der Waals surface area (Å²) in [4.78, 5) is 26.1. The van der Waals surface area contributed by atoms with Gasteiger partial charge in [0, 0.05) is 24.2 Å². The van der Waals surface area contributed by atoms with Gasteiger partial charge in [0.25, 0.3) is 5.91 Å². The highest BCUT2D eigenvalue weighted by Crippen LogP contribution is 2.47. The number of nitrogens with zero attached hydrogens (tertiary/aromatic N) is 2. The largest absolute Gasteiger partial charge is 0.314 e. The number of hydrogen-bond acceptors (Lipinski definition) is 3. The van der Waals surface area contributed by atoms with E-state index in [1.807, 2.05) is 34.2 Å². The Morgan fingerprint density at radius 3 is 2.89 bits per heavy atom. The van der Waals surface area contributed by atoms with Crippen LogP contribution < -0.4 is 5.43 Å². The number of amides is 2. The van der Waals surface area contributed by atoms with Crippen LogP contribution >= 0.6 is 0 Å². The SMILES string of the molecule is O=C1C[C@]23c4ccccc4C(=O)N2CCCN3N1. The minimum Gasteiger partial charge on any atom is -0.314 e. The molecule has 0 saturated carbocycles. The second kappa shape index (κ2) is 3.11. The summed E-state index contributed by atoms with van der Waals surface area (Å²) in [5, 5.41) is 1.93. The summed E-state index contributed by atoms with van der Waals surface area (Å²) in [6.07, 6.45) is 1.23. The van der Waals surface area contributed by atoms with Gasteiger partial charge in [0.05, 0.1) is 6.42 Å². The van der Waals surface area contributed by atoms with Crippen LogP contribution in [0.15, 0.2) is 24.3 Å². The number of benzene rings is 1. The number of nitrogens with one attached hydrogen (secondary N) is 1. The summed E-state index contributed by atoms with van der Waals surface area (Å²) < 4.78 is 0. The molecule has 0 aliphatic carbocycles. The van der Waals surface area contributed by atoms with Gasteiger partial charge in [-0.05, 0) is 12.5 Å². The van der Waals surface area contributed by atoms with Gasteiger partial charge < -0.3 is 4.90 Å². The van der Waals surface area contributed by atoms with Crippen LogP contribution in [0.1, 0.15) is 28.8 Å². The van der Waals surface area contributed by atoms with Crippen molar-refractivity contribution >= 4 is 11.8 Å². The normalized spacial score (nSPS) is 29.9. The second-order valence-electron chi connectivity index (χ2n) is 5.04. The van der Waals surface area contributed by atoms with Crippen LogP contribution in [-0.4, -0.2) is 34.8 Å². The van der Waals surface area contributed by atoms with Crippen LogP contribution in [0.5, 0.6) is 0 Å². The zero-order valence-electron chi connectivity index (χ0n) is 9.85. The minimum atomic E-state index is -0.566. The van der Waals surface area contributed by atoms with E-state index in [-0.39, 0.29) is 11.8 Å². The van der Waals surface area contributed by atoms with Crippen molar-refractivity contribution in [2.75, 3.05) is 13.1 Å². The Bertz CT molecular complexity index is 571. The summed E-state index contributed by atoms with van der Waals surface area (Å²) in [7, 11) is 0. The molecule has 2 fully saturated rings. The Morgan fingerprint density at radius 1 is 1.17 bits per heavy atom. The predicted octanol–water partition coefficient (Wildman–Crippen LogP) is 0.436. The summed E-state index contributed by atoms with van der Waals surface area (Å²) in [5.74, 6) is 0.0400. The van der Waals surface area contributed by atoms with E-state index in [1.165, 1.54) is 0 Å². The number of rotatable bonds is 0. The van der Waals surface area contributed by atoms with Gasteiger partial charge in [-0.2, -0.15) is 5.01 Å². The quantitative estimate of drug-likeness (QED) is 0.719. The molecule has 5 nitrogen and oxygen atoms in total. The van der Waals surface area contributed by atoms with E-state index in [0.29, 0.717) is 6.42 Å². The van der Waals surface area contributed by atoms with E-state index < -0.39 is 5.66 Å². The highest BCUT2D eigenvalue weighted by Gasteiger charge is 2.59. The fourth-order valence-electron chi connectivity index (χ4n) is 3.48. The molecule has 4 rings (SSSR count). The van der Waals surface area contributed by atoms with Crippen molar-refractivity contribution < 1.29 is 9.59 Å². The Balaban J connectivity index is 1.98. The summed E-state index contributed by atoms with van der Waals surface area (Å²) >= 11 is 0. The van der Waals surface area contributed by atoms with Gasteiger partial charge in [-0.25, -0.2) is 0 Å². The Hall–Kier alpha value is -1.88. The van der Waals surface area contributed by atoms with Crippen LogP contribution in [0, 0.1) is 0 Å². The van der Waals surface area contributed by atoms with Crippen LogP contribution in [0.4, 0.5) is 0 Å². The molecule has 0 unspecified atom stereocenters. The van der Waals surface area contributed by atoms with Gasteiger partial charge in [-0.3, -0.25) is 15.0 Å². The molecule has 92 valence electrons. The molecular formula is C13H13N3O2. The summed E-state index contributed by atoms with van der Waals surface area (Å²) in [6, 6.07) is 7.62. The van der Waals surface area contributed by atoms with Crippen molar-refractivity contribution in [2.24, 2.45) is 0 Å². The number of carbonyl (C=O) groups excluding carboxylic acids is 2. The van der Waals surface area contributed by atoms with Gasteiger partial charge in [0.2, 0.25) is 5.91 Å². The summed E-state index contributed by atoms with van der Waals surface area (Å²) in [6.45, 7) is 1.52. The zero-order chi connectivity index (χ0) is 12.3. The van der Waals surface area contributed by atoms with E-state index in [4.69, 9.17) is 0 Å². The topological polar surface area (TPSA) is 52.7 Å². The fraction of sp³-hybridized carbons (Fsp3) is 0.385. The van der Waals surface area contributed by atoms with Crippen molar-refractivity contribution in [3.05, 3.63) is 35.4 Å². The van der Waals surface area contributed by atoms with Crippen molar-refractivity contribution in [2.45, 2.75) is 18.5 Å². The van der Waals surface area contributed by atoms with E-state index in [0.717, 1.165) is 30.6 Å². The smallest absolute Gasteiger partial charge is 0.256 e. The molecule has 1 aromatic rings. The molecule has 0 aromatic heterocycles. The number of hydrazine groups is 1. The molecule has 1 atom stereocenters. The maximum atomic E-state index is 12.4. The van der Waals surface area contributed by atoms with E-state index in [9.17, 15) is 9.59 Å². The fourth-order valence-corrected chi connectivity index (χ4v) is 3.48. The van der Waals surface area contributed by atoms with Gasteiger partial charge in [0.15, 0.2) is 0 Å². The van der Waals surface area contributed by atoms with Gasteiger partial charge >= 0.3 is 0 Å². The van der Waals surface area contributed by atoms with E-state index >= 15 is 0 Å². The predicted molar refractivity (Wildman–Crippen MR) is 63.2 cm³/mol. The molecule has 2 saturated heterocycles.